The zero-order chi connectivity index (χ0) is 11.8. The summed E-state index contributed by atoms with van der Waals surface area (Å²) >= 11 is 0. The van der Waals surface area contributed by atoms with Crippen LogP contribution in [0.25, 0.3) is 5.69 Å². The van der Waals surface area contributed by atoms with E-state index in [1.165, 1.54) is 0 Å². The zero-order valence-corrected chi connectivity index (χ0v) is 9.87. The Bertz CT molecular complexity index is 518. The second-order valence-electron chi connectivity index (χ2n) is 4.85. The number of para-hydroxylation sites is 1. The van der Waals surface area contributed by atoms with Crippen molar-refractivity contribution in [3.8, 4) is 5.69 Å². The Hall–Kier alpha value is -1.61. The number of nitrogens with zero attached hydrogens (tertiary/aromatic N) is 2. The molecule has 1 aliphatic carbocycles. The number of hydrogen-bond donors (Lipinski definition) is 1. The fourth-order valence-corrected chi connectivity index (χ4v) is 2.58. The largest absolute Gasteiger partial charge is 0.388 e. The first-order valence-electron chi connectivity index (χ1n) is 6.06. The lowest BCUT2D eigenvalue weighted by Gasteiger charge is -2.24. The van der Waals surface area contributed by atoms with Gasteiger partial charge in [-0.1, -0.05) is 25.1 Å². The molecular weight excluding hydrogens is 212 g/mol. The lowest BCUT2D eigenvalue weighted by atomic mass is 9.87. The fourth-order valence-electron chi connectivity index (χ4n) is 2.58. The molecule has 2 atom stereocenters. The van der Waals surface area contributed by atoms with Gasteiger partial charge in [-0.05, 0) is 30.9 Å². The van der Waals surface area contributed by atoms with E-state index in [-0.39, 0.29) is 6.10 Å². The van der Waals surface area contributed by atoms with Gasteiger partial charge in [0.25, 0.3) is 0 Å². The van der Waals surface area contributed by atoms with Crippen molar-refractivity contribution in [1.29, 1.82) is 0 Å². The van der Waals surface area contributed by atoms with E-state index < -0.39 is 0 Å². The molecule has 17 heavy (non-hydrogen) atoms. The third-order valence-electron chi connectivity index (χ3n) is 3.43. The topological polar surface area (TPSA) is 38.0 Å². The highest BCUT2D eigenvalue weighted by Crippen LogP contribution is 2.33. The van der Waals surface area contributed by atoms with Crippen LogP contribution >= 0.6 is 0 Å². The maximum absolute atomic E-state index is 10.0. The Labute approximate surface area is 101 Å². The third kappa shape index (κ3) is 1.76. The molecule has 0 bridgehead atoms. The molecule has 0 saturated carbocycles. The molecule has 1 N–H and O–H groups in total. The van der Waals surface area contributed by atoms with Crippen molar-refractivity contribution in [1.82, 2.24) is 9.78 Å². The summed E-state index contributed by atoms with van der Waals surface area (Å²) in [6.45, 7) is 2.18. The predicted molar refractivity (Wildman–Crippen MR) is 66.0 cm³/mol. The molecule has 1 aromatic heterocycles. The van der Waals surface area contributed by atoms with E-state index in [0.717, 1.165) is 29.8 Å². The Morgan fingerprint density at radius 1 is 1.29 bits per heavy atom. The fraction of sp³-hybridized carbons (Fsp3) is 0.357. The lowest BCUT2D eigenvalue weighted by molar-refractivity contribution is 0.135. The first-order valence-corrected chi connectivity index (χ1v) is 6.06. The van der Waals surface area contributed by atoms with E-state index in [4.69, 9.17) is 0 Å². The van der Waals surface area contributed by atoms with Gasteiger partial charge in [0, 0.05) is 5.56 Å². The standard InChI is InChI=1S/C14H16N2O/c1-10-7-13-12(14(17)8-10)9-15-16(13)11-5-3-2-4-6-11/h2-6,9-10,14,17H,7-8H2,1H3. The van der Waals surface area contributed by atoms with Gasteiger partial charge < -0.3 is 5.11 Å². The molecule has 2 unspecified atom stereocenters. The molecular formula is C14H16N2O. The van der Waals surface area contributed by atoms with E-state index in [1.807, 2.05) is 35.0 Å². The summed E-state index contributed by atoms with van der Waals surface area (Å²) in [5.41, 5.74) is 3.21. The van der Waals surface area contributed by atoms with Gasteiger partial charge in [0.1, 0.15) is 0 Å². The van der Waals surface area contributed by atoms with Crippen molar-refractivity contribution in [2.24, 2.45) is 5.92 Å². The molecule has 3 heteroatoms. The van der Waals surface area contributed by atoms with Crippen LogP contribution in [0, 0.1) is 5.92 Å². The van der Waals surface area contributed by atoms with Crippen LogP contribution in [0.15, 0.2) is 36.5 Å². The second-order valence-corrected chi connectivity index (χ2v) is 4.85. The number of aromatic nitrogens is 2. The van der Waals surface area contributed by atoms with Gasteiger partial charge in [-0.2, -0.15) is 5.10 Å². The number of aliphatic hydroxyl groups excluding tert-OH is 1. The molecule has 0 radical (unpaired) electrons. The van der Waals surface area contributed by atoms with Crippen LogP contribution in [-0.2, 0) is 6.42 Å². The zero-order valence-electron chi connectivity index (χ0n) is 9.87. The molecule has 0 fully saturated rings. The van der Waals surface area contributed by atoms with Crippen molar-refractivity contribution in [3.05, 3.63) is 47.8 Å². The minimum atomic E-state index is -0.355. The molecule has 88 valence electrons. The monoisotopic (exact) mass is 228 g/mol. The van der Waals surface area contributed by atoms with E-state index in [2.05, 4.69) is 12.0 Å². The van der Waals surface area contributed by atoms with E-state index in [9.17, 15) is 5.11 Å². The number of hydrogen-bond acceptors (Lipinski definition) is 2. The van der Waals surface area contributed by atoms with Gasteiger partial charge in [-0.25, -0.2) is 4.68 Å². The van der Waals surface area contributed by atoms with Crippen LogP contribution in [0.2, 0.25) is 0 Å². The summed E-state index contributed by atoms with van der Waals surface area (Å²) in [5.74, 6) is 0.511. The highest BCUT2D eigenvalue weighted by Gasteiger charge is 2.26. The van der Waals surface area contributed by atoms with Crippen molar-refractivity contribution < 1.29 is 5.11 Å². The SMILES string of the molecule is CC1Cc2c(cnn2-c2ccccc2)C(O)C1. The molecule has 0 spiro atoms. The lowest BCUT2D eigenvalue weighted by Crippen LogP contribution is -2.18. The first kappa shape index (κ1) is 10.5. The number of aliphatic hydroxyl groups is 1. The Balaban J connectivity index is 2.09. The number of fused-ring (bicyclic) bond motifs is 1. The van der Waals surface area contributed by atoms with Gasteiger partial charge in [-0.3, -0.25) is 0 Å². The predicted octanol–water partition coefficient (Wildman–Crippen LogP) is 2.49. The van der Waals surface area contributed by atoms with Gasteiger partial charge in [0.2, 0.25) is 0 Å². The van der Waals surface area contributed by atoms with E-state index in [0.29, 0.717) is 5.92 Å². The van der Waals surface area contributed by atoms with Crippen molar-refractivity contribution in [2.45, 2.75) is 25.9 Å². The Kier molecular flexibility index (Phi) is 2.48. The molecule has 0 amide bonds. The first-order chi connectivity index (χ1) is 8.25. The molecule has 1 heterocycles. The summed E-state index contributed by atoms with van der Waals surface area (Å²) < 4.78 is 1.95. The van der Waals surface area contributed by atoms with Gasteiger partial charge in [0.15, 0.2) is 0 Å². The summed E-state index contributed by atoms with van der Waals surface area (Å²) in [7, 11) is 0. The molecule has 2 aromatic rings. The Morgan fingerprint density at radius 3 is 2.82 bits per heavy atom. The normalized spacial score (nSPS) is 23.4. The van der Waals surface area contributed by atoms with E-state index >= 15 is 0 Å². The molecule has 3 nitrogen and oxygen atoms in total. The van der Waals surface area contributed by atoms with Crippen molar-refractivity contribution >= 4 is 0 Å². The minimum absolute atomic E-state index is 0.355. The van der Waals surface area contributed by atoms with Gasteiger partial charge in [-0.15, -0.1) is 0 Å². The molecule has 0 aliphatic heterocycles. The average Bonchev–Trinajstić information content (AvgIpc) is 2.74. The molecule has 1 aromatic carbocycles. The van der Waals surface area contributed by atoms with Crippen LogP contribution in [-0.4, -0.2) is 14.9 Å². The number of benzene rings is 1. The van der Waals surface area contributed by atoms with Gasteiger partial charge in [0.05, 0.1) is 23.7 Å². The molecule has 1 aliphatic rings. The average molecular weight is 228 g/mol. The smallest absolute Gasteiger partial charge is 0.0826 e. The van der Waals surface area contributed by atoms with Crippen LogP contribution in [0.5, 0.6) is 0 Å². The van der Waals surface area contributed by atoms with Crippen LogP contribution in [0.3, 0.4) is 0 Å². The maximum atomic E-state index is 10.0. The number of rotatable bonds is 1. The summed E-state index contributed by atoms with van der Waals surface area (Å²) in [5, 5.41) is 14.4. The maximum Gasteiger partial charge on any atom is 0.0826 e. The quantitative estimate of drug-likeness (QED) is 0.814. The Morgan fingerprint density at radius 2 is 2.06 bits per heavy atom. The van der Waals surface area contributed by atoms with Crippen LogP contribution < -0.4 is 0 Å². The summed E-state index contributed by atoms with van der Waals surface area (Å²) in [6, 6.07) is 10.1. The van der Waals surface area contributed by atoms with Crippen LogP contribution in [0.4, 0.5) is 0 Å². The molecule has 3 rings (SSSR count). The minimum Gasteiger partial charge on any atom is -0.388 e. The molecule has 0 saturated heterocycles. The highest BCUT2D eigenvalue weighted by atomic mass is 16.3. The summed E-state index contributed by atoms with van der Waals surface area (Å²) in [4.78, 5) is 0. The van der Waals surface area contributed by atoms with Crippen molar-refractivity contribution in [2.75, 3.05) is 0 Å². The highest BCUT2D eigenvalue weighted by molar-refractivity contribution is 5.36. The summed E-state index contributed by atoms with van der Waals surface area (Å²) in [6.07, 6.45) is 3.28. The second kappa shape index (κ2) is 4.00. The van der Waals surface area contributed by atoms with Gasteiger partial charge >= 0.3 is 0 Å². The third-order valence-corrected chi connectivity index (χ3v) is 3.43. The van der Waals surface area contributed by atoms with Crippen molar-refractivity contribution in [3.63, 3.8) is 0 Å². The van der Waals surface area contributed by atoms with Crippen LogP contribution in [0.1, 0.15) is 30.7 Å². The van der Waals surface area contributed by atoms with E-state index in [1.54, 1.807) is 6.20 Å².